The van der Waals surface area contributed by atoms with E-state index in [0.717, 1.165) is 22.6 Å². The molecule has 0 aliphatic carbocycles. The molecule has 7 nitrogen and oxygen atoms in total. The first-order chi connectivity index (χ1) is 14.0. The lowest BCUT2D eigenvalue weighted by molar-refractivity contribution is -0.142. The van der Waals surface area contributed by atoms with E-state index >= 15 is 0 Å². The van der Waals surface area contributed by atoms with Crippen LogP contribution in [0.4, 0.5) is 5.69 Å². The molecule has 4 rings (SSSR count). The van der Waals surface area contributed by atoms with Gasteiger partial charge in [0.1, 0.15) is 18.0 Å². The molecule has 1 fully saturated rings. The summed E-state index contributed by atoms with van der Waals surface area (Å²) in [6.45, 7) is 0.326. The Hall–Kier alpha value is -2.64. The van der Waals surface area contributed by atoms with Crippen LogP contribution in [-0.2, 0) is 16.1 Å². The predicted octanol–water partition coefficient (Wildman–Crippen LogP) is 1.85. The number of hydrogen-bond donors (Lipinski definition) is 2. The topological polar surface area (TPSA) is 83.9 Å². The number of amides is 1. The second-order valence-electron chi connectivity index (χ2n) is 7.86. The molecule has 0 radical (unpaired) electrons. The zero-order valence-electron chi connectivity index (χ0n) is 16.7. The minimum absolute atomic E-state index is 0.0665. The number of carbonyl (C=O) groups is 1. The van der Waals surface area contributed by atoms with E-state index in [1.54, 1.807) is 12.4 Å². The van der Waals surface area contributed by atoms with Crippen molar-refractivity contribution in [2.75, 3.05) is 25.6 Å². The number of hydrogen-bond acceptors (Lipinski definition) is 6. The molecule has 0 unspecified atom stereocenters. The first kappa shape index (κ1) is 19.7. The van der Waals surface area contributed by atoms with Crippen LogP contribution in [0.25, 0.3) is 0 Å². The summed E-state index contributed by atoms with van der Waals surface area (Å²) in [4.78, 5) is 18.5. The molecule has 2 aromatic rings. The highest BCUT2D eigenvalue weighted by atomic mass is 16.6. The molecular formula is C22H27N3O4. The standard InChI is InChI=1S/C22H27N3O4/c1-25(2)15-3-4-19-17(9-15)18-10-16(28-20(13-26)22(18)29-19)11-21(27)24-12-14-5-7-23-8-6-14/h3-9,16,18,20,22,26H,10-13H2,1-2H3,(H,24,27)/t16-,18+,20-,22-/m0/s1. The van der Waals surface area contributed by atoms with E-state index in [-0.39, 0.29) is 37.1 Å². The van der Waals surface area contributed by atoms with Gasteiger partial charge >= 0.3 is 0 Å². The van der Waals surface area contributed by atoms with Gasteiger partial charge in [0.25, 0.3) is 0 Å². The molecule has 29 heavy (non-hydrogen) atoms. The summed E-state index contributed by atoms with van der Waals surface area (Å²) in [5.74, 6) is 0.882. The van der Waals surface area contributed by atoms with Gasteiger partial charge in [-0.3, -0.25) is 9.78 Å². The number of pyridine rings is 1. The molecular weight excluding hydrogens is 370 g/mol. The van der Waals surface area contributed by atoms with Gasteiger partial charge in [0.2, 0.25) is 5.91 Å². The maximum Gasteiger partial charge on any atom is 0.222 e. The number of aromatic nitrogens is 1. The normalized spacial score (nSPS) is 24.9. The molecule has 154 valence electrons. The zero-order chi connectivity index (χ0) is 20.4. The third-order valence-corrected chi connectivity index (χ3v) is 5.65. The van der Waals surface area contributed by atoms with Crippen molar-refractivity contribution < 1.29 is 19.4 Å². The number of aliphatic hydroxyl groups is 1. The minimum Gasteiger partial charge on any atom is -0.487 e. The third kappa shape index (κ3) is 4.21. The summed E-state index contributed by atoms with van der Waals surface area (Å²) < 4.78 is 12.1. The SMILES string of the molecule is CN(C)c1ccc2c(c1)[C@H]1C[C@@H](CC(=O)NCc3ccncc3)O[C@@H](CO)[C@H]1O2. The second-order valence-corrected chi connectivity index (χ2v) is 7.86. The smallest absolute Gasteiger partial charge is 0.222 e. The highest BCUT2D eigenvalue weighted by molar-refractivity contribution is 5.76. The van der Waals surface area contributed by atoms with Gasteiger partial charge in [-0.05, 0) is 42.3 Å². The monoisotopic (exact) mass is 397 g/mol. The summed E-state index contributed by atoms with van der Waals surface area (Å²) in [5, 5.41) is 12.8. The highest BCUT2D eigenvalue weighted by Crippen LogP contribution is 2.47. The molecule has 0 spiro atoms. The highest BCUT2D eigenvalue weighted by Gasteiger charge is 2.46. The quantitative estimate of drug-likeness (QED) is 0.774. The summed E-state index contributed by atoms with van der Waals surface area (Å²) in [5.41, 5.74) is 3.23. The van der Waals surface area contributed by atoms with Gasteiger partial charge in [-0.1, -0.05) is 0 Å². The summed E-state index contributed by atoms with van der Waals surface area (Å²) >= 11 is 0. The lowest BCUT2D eigenvalue weighted by Crippen LogP contribution is -2.47. The number of nitrogens with zero attached hydrogens (tertiary/aromatic N) is 2. The van der Waals surface area contributed by atoms with Crippen molar-refractivity contribution in [3.63, 3.8) is 0 Å². The fourth-order valence-electron chi connectivity index (χ4n) is 4.13. The number of nitrogens with one attached hydrogen (secondary N) is 1. The van der Waals surface area contributed by atoms with Gasteiger partial charge in [-0.15, -0.1) is 0 Å². The van der Waals surface area contributed by atoms with Crippen molar-refractivity contribution in [1.82, 2.24) is 10.3 Å². The second kappa shape index (κ2) is 8.39. The molecule has 1 amide bonds. The largest absolute Gasteiger partial charge is 0.487 e. The molecule has 3 heterocycles. The van der Waals surface area contributed by atoms with Gasteiger partial charge < -0.3 is 24.8 Å². The van der Waals surface area contributed by atoms with Crippen molar-refractivity contribution >= 4 is 11.6 Å². The molecule has 1 saturated heterocycles. The maximum absolute atomic E-state index is 12.5. The fraction of sp³-hybridized carbons (Fsp3) is 0.455. The molecule has 1 aromatic carbocycles. The number of ether oxygens (including phenoxy) is 2. The van der Waals surface area contributed by atoms with Crippen LogP contribution in [0.5, 0.6) is 5.75 Å². The van der Waals surface area contributed by atoms with Crippen molar-refractivity contribution in [2.24, 2.45) is 0 Å². The van der Waals surface area contributed by atoms with Crippen molar-refractivity contribution in [2.45, 2.75) is 43.6 Å². The van der Waals surface area contributed by atoms with Crippen LogP contribution < -0.4 is 15.0 Å². The Kier molecular flexibility index (Phi) is 5.69. The van der Waals surface area contributed by atoms with E-state index in [1.807, 2.05) is 38.4 Å². The zero-order valence-corrected chi connectivity index (χ0v) is 16.7. The lowest BCUT2D eigenvalue weighted by atomic mass is 9.84. The molecule has 1 aromatic heterocycles. The van der Waals surface area contributed by atoms with Crippen molar-refractivity contribution in [3.05, 3.63) is 53.9 Å². The van der Waals surface area contributed by atoms with Crippen LogP contribution in [0.3, 0.4) is 0 Å². The van der Waals surface area contributed by atoms with Crippen LogP contribution in [0, 0.1) is 0 Å². The third-order valence-electron chi connectivity index (χ3n) is 5.65. The Labute approximate surface area is 170 Å². The molecule has 4 atom stereocenters. The number of aliphatic hydroxyl groups excluding tert-OH is 1. The maximum atomic E-state index is 12.5. The van der Waals surface area contributed by atoms with Crippen molar-refractivity contribution in [3.8, 4) is 5.75 Å². The van der Waals surface area contributed by atoms with Crippen LogP contribution in [0.2, 0.25) is 0 Å². The Balaban J connectivity index is 1.44. The molecule has 0 bridgehead atoms. The molecule has 7 heteroatoms. The molecule has 2 aliphatic rings. The first-order valence-corrected chi connectivity index (χ1v) is 9.95. The van der Waals surface area contributed by atoms with E-state index in [1.165, 1.54) is 0 Å². The molecule has 2 aliphatic heterocycles. The average molecular weight is 397 g/mol. The Morgan fingerprint density at radius 3 is 2.79 bits per heavy atom. The van der Waals surface area contributed by atoms with E-state index in [9.17, 15) is 9.90 Å². The van der Waals surface area contributed by atoms with Crippen molar-refractivity contribution in [1.29, 1.82) is 0 Å². The van der Waals surface area contributed by atoms with Gasteiger partial charge in [0.15, 0.2) is 0 Å². The van der Waals surface area contributed by atoms with E-state index in [0.29, 0.717) is 13.0 Å². The summed E-state index contributed by atoms with van der Waals surface area (Å²) in [7, 11) is 4.01. The average Bonchev–Trinajstić information content (AvgIpc) is 3.10. The number of carbonyl (C=O) groups excluding carboxylic acids is 1. The summed E-state index contributed by atoms with van der Waals surface area (Å²) in [6, 6.07) is 9.89. The van der Waals surface area contributed by atoms with Crippen LogP contribution in [0.15, 0.2) is 42.7 Å². The minimum atomic E-state index is -0.443. The number of benzene rings is 1. The van der Waals surface area contributed by atoms with Gasteiger partial charge in [0.05, 0.1) is 19.1 Å². The van der Waals surface area contributed by atoms with E-state index in [4.69, 9.17) is 9.47 Å². The van der Waals surface area contributed by atoms with Gasteiger partial charge in [0, 0.05) is 50.2 Å². The Morgan fingerprint density at radius 1 is 1.28 bits per heavy atom. The molecule has 2 N–H and O–H groups in total. The van der Waals surface area contributed by atoms with E-state index in [2.05, 4.69) is 21.3 Å². The Bertz CT molecular complexity index is 858. The van der Waals surface area contributed by atoms with Crippen LogP contribution in [0.1, 0.15) is 29.9 Å². The number of anilines is 1. The first-order valence-electron chi connectivity index (χ1n) is 9.95. The van der Waals surface area contributed by atoms with Crippen LogP contribution >= 0.6 is 0 Å². The Morgan fingerprint density at radius 2 is 2.07 bits per heavy atom. The fourth-order valence-corrected chi connectivity index (χ4v) is 4.13. The van der Waals surface area contributed by atoms with Gasteiger partial charge in [-0.25, -0.2) is 0 Å². The van der Waals surface area contributed by atoms with Gasteiger partial charge in [-0.2, -0.15) is 0 Å². The van der Waals surface area contributed by atoms with Crippen LogP contribution in [-0.4, -0.2) is 55.0 Å². The lowest BCUT2D eigenvalue weighted by Gasteiger charge is -2.37. The number of fused-ring (bicyclic) bond motifs is 3. The molecule has 0 saturated carbocycles. The predicted molar refractivity (Wildman–Crippen MR) is 109 cm³/mol. The summed E-state index contributed by atoms with van der Waals surface area (Å²) in [6.07, 6.45) is 3.43. The van der Waals surface area contributed by atoms with E-state index < -0.39 is 6.10 Å². The number of rotatable bonds is 6.